The summed E-state index contributed by atoms with van der Waals surface area (Å²) < 4.78 is 0. The van der Waals surface area contributed by atoms with E-state index in [0.29, 0.717) is 0 Å². The number of aromatic nitrogens is 3. The van der Waals surface area contributed by atoms with Crippen molar-refractivity contribution in [3.05, 3.63) is 47.7 Å². The van der Waals surface area contributed by atoms with Crippen LogP contribution in [-0.2, 0) is 6.42 Å². The first kappa shape index (κ1) is 11.5. The van der Waals surface area contributed by atoms with Gasteiger partial charge in [-0.2, -0.15) is 0 Å². The van der Waals surface area contributed by atoms with Gasteiger partial charge in [-0.3, -0.25) is 9.97 Å². The minimum Gasteiger partial charge on any atom is -0.368 e. The van der Waals surface area contributed by atoms with Gasteiger partial charge in [0.05, 0.1) is 17.6 Å². The van der Waals surface area contributed by atoms with E-state index < -0.39 is 0 Å². The highest BCUT2D eigenvalue weighted by Crippen LogP contribution is 2.05. The third-order valence-corrected chi connectivity index (χ3v) is 2.61. The first-order valence-corrected chi connectivity index (χ1v) is 5.70. The average molecular weight is 228 g/mol. The van der Waals surface area contributed by atoms with Crippen LogP contribution >= 0.6 is 0 Å². The highest BCUT2D eigenvalue weighted by atomic mass is 15.0. The Morgan fingerprint density at radius 1 is 1.12 bits per heavy atom. The van der Waals surface area contributed by atoms with E-state index in [1.165, 1.54) is 0 Å². The van der Waals surface area contributed by atoms with Crippen molar-refractivity contribution < 1.29 is 0 Å². The summed E-state index contributed by atoms with van der Waals surface area (Å²) >= 11 is 0. The summed E-state index contributed by atoms with van der Waals surface area (Å²) in [5.41, 5.74) is 3.02. The van der Waals surface area contributed by atoms with Crippen molar-refractivity contribution in [3.63, 3.8) is 0 Å². The molecule has 88 valence electrons. The molecule has 17 heavy (non-hydrogen) atoms. The Labute approximate surface area is 101 Å². The summed E-state index contributed by atoms with van der Waals surface area (Å²) in [6.07, 6.45) is 4.46. The number of anilines is 1. The van der Waals surface area contributed by atoms with Gasteiger partial charge in [-0.15, -0.1) is 0 Å². The molecule has 0 amide bonds. The lowest BCUT2D eigenvalue weighted by molar-refractivity contribution is 0.941. The number of hydrogen-bond donors (Lipinski definition) is 1. The molecule has 0 spiro atoms. The van der Waals surface area contributed by atoms with E-state index >= 15 is 0 Å². The highest BCUT2D eigenvalue weighted by molar-refractivity contribution is 5.33. The number of pyridine rings is 1. The summed E-state index contributed by atoms with van der Waals surface area (Å²) in [4.78, 5) is 12.9. The zero-order valence-electron chi connectivity index (χ0n) is 10.1. The quantitative estimate of drug-likeness (QED) is 0.871. The Morgan fingerprint density at radius 3 is 2.71 bits per heavy atom. The second-order valence-electron chi connectivity index (χ2n) is 3.92. The molecule has 0 fully saturated rings. The van der Waals surface area contributed by atoms with Crippen molar-refractivity contribution in [1.82, 2.24) is 15.0 Å². The number of hydrogen-bond acceptors (Lipinski definition) is 4. The van der Waals surface area contributed by atoms with Crippen LogP contribution in [0.1, 0.15) is 17.1 Å². The summed E-state index contributed by atoms with van der Waals surface area (Å²) in [7, 11) is 0. The molecule has 0 aliphatic carbocycles. The van der Waals surface area contributed by atoms with E-state index in [9.17, 15) is 0 Å². The molecule has 4 heteroatoms. The molecule has 1 N–H and O–H groups in total. The third-order valence-electron chi connectivity index (χ3n) is 2.61. The molecule has 0 aromatic carbocycles. The third kappa shape index (κ3) is 3.24. The molecule has 0 aliphatic heterocycles. The second kappa shape index (κ2) is 5.39. The number of nitrogens with one attached hydrogen (secondary N) is 1. The van der Waals surface area contributed by atoms with Crippen molar-refractivity contribution in [2.24, 2.45) is 0 Å². The fraction of sp³-hybridized carbons (Fsp3) is 0.308. The number of aryl methyl sites for hydroxylation is 2. The maximum absolute atomic E-state index is 4.41. The van der Waals surface area contributed by atoms with Crippen LogP contribution in [-0.4, -0.2) is 21.5 Å². The van der Waals surface area contributed by atoms with Crippen molar-refractivity contribution in [3.8, 4) is 0 Å². The molecule has 0 aliphatic rings. The van der Waals surface area contributed by atoms with Crippen LogP contribution in [0.3, 0.4) is 0 Å². The van der Waals surface area contributed by atoms with Gasteiger partial charge in [-0.1, -0.05) is 6.07 Å². The molecule has 2 aromatic heterocycles. The summed E-state index contributed by atoms with van der Waals surface area (Å²) in [5, 5.41) is 3.25. The summed E-state index contributed by atoms with van der Waals surface area (Å²) in [6, 6.07) is 5.94. The topological polar surface area (TPSA) is 50.7 Å². The molecule has 0 atom stereocenters. The van der Waals surface area contributed by atoms with Gasteiger partial charge in [0, 0.05) is 24.9 Å². The number of nitrogens with zero attached hydrogens (tertiary/aromatic N) is 3. The lowest BCUT2D eigenvalue weighted by Crippen LogP contribution is -2.08. The van der Waals surface area contributed by atoms with Crippen LogP contribution in [0.25, 0.3) is 0 Å². The van der Waals surface area contributed by atoms with E-state index in [-0.39, 0.29) is 0 Å². The lowest BCUT2D eigenvalue weighted by Gasteiger charge is -2.06. The molecule has 0 saturated carbocycles. The Hall–Kier alpha value is -1.97. The van der Waals surface area contributed by atoms with Gasteiger partial charge < -0.3 is 5.32 Å². The summed E-state index contributed by atoms with van der Waals surface area (Å²) in [5.74, 6) is 0.823. The minimum absolute atomic E-state index is 0.814. The minimum atomic E-state index is 0.814. The van der Waals surface area contributed by atoms with E-state index in [1.54, 1.807) is 6.20 Å². The molecule has 0 bridgehead atoms. The molecular weight excluding hydrogens is 212 g/mol. The zero-order chi connectivity index (χ0) is 12.1. The average Bonchev–Trinajstić information content (AvgIpc) is 2.35. The van der Waals surface area contributed by atoms with Crippen molar-refractivity contribution >= 4 is 5.82 Å². The molecular formula is C13H16N4. The van der Waals surface area contributed by atoms with E-state index in [1.807, 2.05) is 38.2 Å². The molecule has 0 radical (unpaired) electrons. The molecule has 2 aromatic rings. The largest absolute Gasteiger partial charge is 0.368 e. The van der Waals surface area contributed by atoms with Crippen LogP contribution in [0, 0.1) is 13.8 Å². The standard InChI is InChI=1S/C13H16N4/c1-10-11(2)17-13(9-16-10)15-8-6-12-5-3-4-7-14-12/h3-5,7,9H,6,8H2,1-2H3,(H,15,17). The van der Waals surface area contributed by atoms with E-state index in [4.69, 9.17) is 0 Å². The van der Waals surface area contributed by atoms with Gasteiger partial charge >= 0.3 is 0 Å². The second-order valence-corrected chi connectivity index (χ2v) is 3.92. The number of rotatable bonds is 4. The Balaban J connectivity index is 1.88. The van der Waals surface area contributed by atoms with Gasteiger partial charge in [-0.25, -0.2) is 4.98 Å². The fourth-order valence-electron chi connectivity index (χ4n) is 1.49. The Kier molecular flexibility index (Phi) is 3.65. The van der Waals surface area contributed by atoms with Crippen LogP contribution in [0.15, 0.2) is 30.6 Å². The molecule has 0 saturated heterocycles. The fourth-order valence-corrected chi connectivity index (χ4v) is 1.49. The predicted molar refractivity (Wildman–Crippen MR) is 67.9 cm³/mol. The normalized spacial score (nSPS) is 10.2. The Morgan fingerprint density at radius 2 is 2.00 bits per heavy atom. The molecule has 2 rings (SSSR count). The van der Waals surface area contributed by atoms with Crippen LogP contribution < -0.4 is 5.32 Å². The lowest BCUT2D eigenvalue weighted by atomic mass is 10.3. The van der Waals surface area contributed by atoms with Crippen molar-refractivity contribution in [1.29, 1.82) is 0 Å². The maximum Gasteiger partial charge on any atom is 0.144 e. The van der Waals surface area contributed by atoms with Crippen LogP contribution in [0.5, 0.6) is 0 Å². The zero-order valence-corrected chi connectivity index (χ0v) is 10.1. The van der Waals surface area contributed by atoms with Crippen molar-refractivity contribution in [2.45, 2.75) is 20.3 Å². The van der Waals surface area contributed by atoms with Crippen LogP contribution in [0.4, 0.5) is 5.82 Å². The van der Waals surface area contributed by atoms with Gasteiger partial charge in [-0.05, 0) is 26.0 Å². The summed E-state index contributed by atoms with van der Waals surface area (Å²) in [6.45, 7) is 4.74. The van der Waals surface area contributed by atoms with Gasteiger partial charge in [0.1, 0.15) is 5.82 Å². The first-order valence-electron chi connectivity index (χ1n) is 5.70. The van der Waals surface area contributed by atoms with Crippen LogP contribution in [0.2, 0.25) is 0 Å². The molecule has 2 heterocycles. The van der Waals surface area contributed by atoms with Crippen molar-refractivity contribution in [2.75, 3.05) is 11.9 Å². The molecule has 4 nitrogen and oxygen atoms in total. The monoisotopic (exact) mass is 228 g/mol. The maximum atomic E-state index is 4.41. The van der Waals surface area contributed by atoms with Gasteiger partial charge in [0.2, 0.25) is 0 Å². The first-order chi connectivity index (χ1) is 8.25. The Bertz CT molecular complexity index is 482. The highest BCUT2D eigenvalue weighted by Gasteiger charge is 1.99. The SMILES string of the molecule is Cc1ncc(NCCc2ccccn2)nc1C. The smallest absolute Gasteiger partial charge is 0.144 e. The van der Waals surface area contributed by atoms with Gasteiger partial charge in [0.25, 0.3) is 0 Å². The molecule has 0 unspecified atom stereocenters. The van der Waals surface area contributed by atoms with E-state index in [0.717, 1.165) is 35.9 Å². The van der Waals surface area contributed by atoms with E-state index in [2.05, 4.69) is 20.3 Å². The predicted octanol–water partition coefficient (Wildman–Crippen LogP) is 2.14. The van der Waals surface area contributed by atoms with Gasteiger partial charge in [0.15, 0.2) is 0 Å².